The van der Waals surface area contributed by atoms with Crippen LogP contribution in [-0.2, 0) is 21.2 Å². The second-order valence-corrected chi connectivity index (χ2v) is 7.71. The monoisotopic (exact) mass is 432 g/mol. The lowest BCUT2D eigenvalue weighted by atomic mass is 10.2. The molecule has 2 aromatic rings. The van der Waals surface area contributed by atoms with E-state index in [9.17, 15) is 17.4 Å². The van der Waals surface area contributed by atoms with Crippen molar-refractivity contribution in [3.05, 3.63) is 30.0 Å². The Morgan fingerprint density at radius 1 is 1.21 bits per heavy atom. The van der Waals surface area contributed by atoms with Crippen LogP contribution in [0.3, 0.4) is 0 Å². The van der Waals surface area contributed by atoms with Crippen LogP contribution in [0.25, 0.3) is 0 Å². The first-order valence-electron chi connectivity index (χ1n) is 8.79. The van der Waals surface area contributed by atoms with E-state index in [2.05, 4.69) is 23.9 Å². The van der Waals surface area contributed by atoms with Crippen LogP contribution in [0.15, 0.2) is 38.9 Å². The molecule has 1 aromatic heterocycles. The summed E-state index contributed by atoms with van der Waals surface area (Å²) in [6.07, 6.45) is 0. The minimum atomic E-state index is -4.27. The standard InChI is InChI=1S/C17H23F3N6O2S/c1-5-26(6-2)13-7-8-14(21-22-16-9-12(3)25(4)23-16)15(10-13)24-29(27,11-18)28-17(19)20/h7-10,17H,5-6,11H2,1-4H3. The summed E-state index contributed by atoms with van der Waals surface area (Å²) in [6.45, 7) is 3.59. The van der Waals surface area contributed by atoms with E-state index >= 15 is 0 Å². The average Bonchev–Trinajstić information content (AvgIpc) is 2.99. The van der Waals surface area contributed by atoms with E-state index < -0.39 is 22.6 Å². The number of aromatic nitrogens is 2. The zero-order chi connectivity index (χ0) is 21.6. The number of halogens is 3. The van der Waals surface area contributed by atoms with E-state index in [1.807, 2.05) is 25.7 Å². The molecule has 0 aliphatic heterocycles. The molecule has 0 bridgehead atoms. The fraction of sp³-hybridized carbons (Fsp3) is 0.471. The van der Waals surface area contributed by atoms with E-state index in [1.54, 1.807) is 23.9 Å². The van der Waals surface area contributed by atoms with Crippen molar-refractivity contribution < 1.29 is 21.6 Å². The summed E-state index contributed by atoms with van der Waals surface area (Å²) in [4.78, 5) is 1.95. The molecule has 2 rings (SSSR count). The lowest BCUT2D eigenvalue weighted by Crippen LogP contribution is -2.21. The molecule has 0 radical (unpaired) electrons. The summed E-state index contributed by atoms with van der Waals surface area (Å²) >= 11 is 0. The van der Waals surface area contributed by atoms with E-state index in [-0.39, 0.29) is 11.4 Å². The highest BCUT2D eigenvalue weighted by atomic mass is 32.2. The molecule has 1 heterocycles. The fourth-order valence-corrected chi connectivity index (χ4v) is 3.30. The molecule has 0 spiro atoms. The SMILES string of the molecule is CCN(CC)c1ccc(N=Nc2cc(C)n(C)n2)c(N=S(=O)(CF)OC(F)F)c1. The molecule has 0 fully saturated rings. The third-order valence-electron chi connectivity index (χ3n) is 4.05. The number of azo groups is 1. The Hall–Kier alpha value is -2.47. The van der Waals surface area contributed by atoms with Crippen molar-refractivity contribution in [1.29, 1.82) is 0 Å². The largest absolute Gasteiger partial charge is 0.372 e. The van der Waals surface area contributed by atoms with Gasteiger partial charge < -0.3 is 4.90 Å². The molecule has 0 N–H and O–H groups in total. The van der Waals surface area contributed by atoms with E-state index in [0.29, 0.717) is 24.6 Å². The Labute approximate surface area is 167 Å². The predicted molar refractivity (Wildman–Crippen MR) is 105 cm³/mol. The number of nitrogens with zero attached hydrogens (tertiary/aromatic N) is 6. The maximum absolute atomic E-state index is 13.2. The van der Waals surface area contributed by atoms with Crippen LogP contribution in [0, 0.1) is 6.92 Å². The van der Waals surface area contributed by atoms with Crippen LogP contribution < -0.4 is 4.90 Å². The maximum Gasteiger partial charge on any atom is 0.357 e. The lowest BCUT2D eigenvalue weighted by molar-refractivity contribution is -0.0421. The molecule has 160 valence electrons. The Morgan fingerprint density at radius 2 is 1.90 bits per heavy atom. The summed E-state index contributed by atoms with van der Waals surface area (Å²) < 4.78 is 59.8. The van der Waals surface area contributed by atoms with Crippen molar-refractivity contribution in [2.24, 2.45) is 21.6 Å². The Bertz CT molecular complexity index is 962. The molecule has 29 heavy (non-hydrogen) atoms. The van der Waals surface area contributed by atoms with Gasteiger partial charge in [-0.25, -0.2) is 12.8 Å². The van der Waals surface area contributed by atoms with Gasteiger partial charge in [0, 0.05) is 37.6 Å². The molecule has 0 saturated heterocycles. The van der Waals surface area contributed by atoms with Gasteiger partial charge in [0.2, 0.25) is 10.0 Å². The minimum absolute atomic E-state index is 0.0749. The second-order valence-electron chi connectivity index (χ2n) is 5.95. The second kappa shape index (κ2) is 9.83. The van der Waals surface area contributed by atoms with Crippen molar-refractivity contribution in [2.75, 3.05) is 24.0 Å². The van der Waals surface area contributed by atoms with E-state index in [1.165, 1.54) is 12.1 Å². The van der Waals surface area contributed by atoms with Crippen LogP contribution in [0.1, 0.15) is 19.5 Å². The van der Waals surface area contributed by atoms with Crippen LogP contribution >= 0.6 is 0 Å². The number of aryl methyl sites for hydroxylation is 2. The fourth-order valence-electron chi connectivity index (χ4n) is 2.49. The van der Waals surface area contributed by atoms with Crippen molar-refractivity contribution in [1.82, 2.24) is 9.78 Å². The molecular weight excluding hydrogens is 409 g/mol. The summed E-state index contributed by atoms with van der Waals surface area (Å²) in [5.41, 5.74) is 1.57. The first kappa shape index (κ1) is 22.8. The van der Waals surface area contributed by atoms with Gasteiger partial charge in [-0.1, -0.05) is 0 Å². The first-order chi connectivity index (χ1) is 13.7. The quantitative estimate of drug-likeness (QED) is 0.512. The molecule has 8 nitrogen and oxygen atoms in total. The number of hydrogen-bond donors (Lipinski definition) is 0. The number of benzene rings is 1. The average molecular weight is 432 g/mol. The molecule has 12 heteroatoms. The summed E-state index contributed by atoms with van der Waals surface area (Å²) in [5.74, 6) is 0.318. The molecule has 0 aliphatic carbocycles. The number of anilines is 1. The Morgan fingerprint density at radius 3 is 2.41 bits per heavy atom. The zero-order valence-electron chi connectivity index (χ0n) is 16.5. The van der Waals surface area contributed by atoms with Crippen LogP contribution in [-0.4, -0.2) is 39.7 Å². The van der Waals surface area contributed by atoms with Crippen LogP contribution in [0.2, 0.25) is 0 Å². The van der Waals surface area contributed by atoms with Gasteiger partial charge in [-0.15, -0.1) is 10.2 Å². The van der Waals surface area contributed by atoms with Crippen molar-refractivity contribution in [2.45, 2.75) is 27.4 Å². The van der Waals surface area contributed by atoms with Gasteiger partial charge in [0.05, 0.1) is 0 Å². The number of hydrogen-bond acceptors (Lipinski definition) is 7. The highest BCUT2D eigenvalue weighted by Gasteiger charge is 2.18. The van der Waals surface area contributed by atoms with Crippen LogP contribution in [0.5, 0.6) is 0 Å². The highest BCUT2D eigenvalue weighted by molar-refractivity contribution is 7.89. The zero-order valence-corrected chi connectivity index (χ0v) is 17.4. The maximum atomic E-state index is 13.2. The molecular formula is C17H23F3N6O2S. The number of rotatable bonds is 9. The van der Waals surface area contributed by atoms with Crippen LogP contribution in [0.4, 0.5) is 36.1 Å². The minimum Gasteiger partial charge on any atom is -0.372 e. The van der Waals surface area contributed by atoms with Gasteiger partial charge in [0.1, 0.15) is 11.4 Å². The summed E-state index contributed by atoms with van der Waals surface area (Å²) in [6, 6.07) is 4.74. The topological polar surface area (TPSA) is 84.4 Å². The van der Waals surface area contributed by atoms with Gasteiger partial charge >= 0.3 is 6.61 Å². The van der Waals surface area contributed by atoms with Gasteiger partial charge in [-0.3, -0.25) is 4.68 Å². The smallest absolute Gasteiger partial charge is 0.357 e. The summed E-state index contributed by atoms with van der Waals surface area (Å²) in [5, 5.41) is 12.2. The van der Waals surface area contributed by atoms with Crippen molar-refractivity contribution in [3.63, 3.8) is 0 Å². The third kappa shape index (κ3) is 6.00. The van der Waals surface area contributed by atoms with Gasteiger partial charge in [-0.2, -0.15) is 18.2 Å². The number of alkyl halides is 3. The van der Waals surface area contributed by atoms with Gasteiger partial charge in [0.15, 0.2) is 11.8 Å². The van der Waals surface area contributed by atoms with E-state index in [0.717, 1.165) is 5.69 Å². The van der Waals surface area contributed by atoms with Gasteiger partial charge in [0.25, 0.3) is 0 Å². The Balaban J connectivity index is 2.56. The summed E-state index contributed by atoms with van der Waals surface area (Å²) in [7, 11) is -2.53. The molecule has 1 aromatic carbocycles. The molecule has 1 atom stereocenters. The van der Waals surface area contributed by atoms with Gasteiger partial charge in [-0.05, 0) is 39.0 Å². The predicted octanol–water partition coefficient (Wildman–Crippen LogP) is 5.17. The molecule has 0 aliphatic rings. The first-order valence-corrected chi connectivity index (χ1v) is 10.4. The normalized spacial score (nSPS) is 13.8. The Kier molecular flexibility index (Phi) is 7.73. The third-order valence-corrected chi connectivity index (χ3v) is 5.24. The lowest BCUT2D eigenvalue weighted by Gasteiger charge is -2.21. The van der Waals surface area contributed by atoms with Crippen molar-refractivity contribution in [3.8, 4) is 0 Å². The molecule has 1 unspecified atom stereocenters. The van der Waals surface area contributed by atoms with E-state index in [4.69, 9.17) is 0 Å². The highest BCUT2D eigenvalue weighted by Crippen LogP contribution is 2.35. The molecule has 0 amide bonds. The molecule has 0 saturated carbocycles. The van der Waals surface area contributed by atoms with Crippen molar-refractivity contribution >= 4 is 32.9 Å².